The van der Waals surface area contributed by atoms with E-state index in [9.17, 15) is 0 Å². The van der Waals surface area contributed by atoms with Gasteiger partial charge in [0, 0.05) is 11.4 Å². The van der Waals surface area contributed by atoms with Crippen molar-refractivity contribution in [2.45, 2.75) is 6.42 Å². The van der Waals surface area contributed by atoms with E-state index in [0.717, 1.165) is 35.8 Å². The summed E-state index contributed by atoms with van der Waals surface area (Å²) < 4.78 is 5.58. The number of nitrogens with two attached hydrogens (primary N) is 3. The number of nitrogen functional groups attached to an aromatic ring is 2. The number of benzene rings is 3. The van der Waals surface area contributed by atoms with E-state index in [1.54, 1.807) is 24.3 Å². The molecule has 0 saturated heterocycles. The van der Waals surface area contributed by atoms with Gasteiger partial charge in [-0.1, -0.05) is 30.3 Å². The zero-order valence-electron chi connectivity index (χ0n) is 13.6. The van der Waals surface area contributed by atoms with Crippen molar-refractivity contribution in [3.63, 3.8) is 0 Å². The van der Waals surface area contributed by atoms with Crippen LogP contribution >= 0.6 is 0 Å². The molecule has 0 spiro atoms. The number of anilines is 2. The van der Waals surface area contributed by atoms with Crippen molar-refractivity contribution >= 4 is 11.4 Å². The molecule has 3 aromatic carbocycles. The second-order valence-electron chi connectivity index (χ2n) is 5.26. The number of hydrogen-bond acceptors (Lipinski definition) is 4. The van der Waals surface area contributed by atoms with Gasteiger partial charge in [-0.2, -0.15) is 0 Å². The van der Waals surface area contributed by atoms with Crippen LogP contribution in [0, 0.1) is 0 Å². The first kappa shape index (κ1) is 17.4. The van der Waals surface area contributed by atoms with Gasteiger partial charge < -0.3 is 21.9 Å². The molecule has 0 amide bonds. The monoisotopic (exact) mass is 321 g/mol. The maximum atomic E-state index is 5.58. The second kappa shape index (κ2) is 9.22. The Morgan fingerprint density at radius 3 is 1.50 bits per heavy atom. The number of hydrogen-bond donors (Lipinski definition) is 3. The van der Waals surface area contributed by atoms with E-state index in [-0.39, 0.29) is 0 Å². The highest BCUT2D eigenvalue weighted by molar-refractivity contribution is 5.45. The molecule has 4 nitrogen and oxygen atoms in total. The Morgan fingerprint density at radius 2 is 1.08 bits per heavy atom. The van der Waals surface area contributed by atoms with Gasteiger partial charge in [-0.25, -0.2) is 0 Å². The van der Waals surface area contributed by atoms with E-state index >= 15 is 0 Å². The summed E-state index contributed by atoms with van der Waals surface area (Å²) >= 11 is 0. The molecule has 3 aromatic rings. The maximum absolute atomic E-state index is 5.58. The van der Waals surface area contributed by atoms with Gasteiger partial charge in [0.25, 0.3) is 0 Å². The summed E-state index contributed by atoms with van der Waals surface area (Å²) in [5.74, 6) is 1.52. The molecule has 0 bridgehead atoms. The van der Waals surface area contributed by atoms with Crippen LogP contribution in [-0.4, -0.2) is 6.54 Å². The molecule has 3 rings (SSSR count). The summed E-state index contributed by atoms with van der Waals surface area (Å²) in [5, 5.41) is 0. The topological polar surface area (TPSA) is 87.3 Å². The third-order valence-corrected chi connectivity index (χ3v) is 3.27. The predicted molar refractivity (Wildman–Crippen MR) is 101 cm³/mol. The van der Waals surface area contributed by atoms with E-state index < -0.39 is 0 Å². The fourth-order valence-corrected chi connectivity index (χ4v) is 2.02. The van der Waals surface area contributed by atoms with Crippen molar-refractivity contribution in [2.75, 3.05) is 18.0 Å². The molecular weight excluding hydrogens is 298 g/mol. The molecule has 0 radical (unpaired) electrons. The third kappa shape index (κ3) is 6.02. The van der Waals surface area contributed by atoms with Gasteiger partial charge in [0.15, 0.2) is 0 Å². The average molecular weight is 321 g/mol. The summed E-state index contributed by atoms with van der Waals surface area (Å²) in [6, 6.07) is 24.8. The smallest absolute Gasteiger partial charge is 0.127 e. The molecule has 0 aliphatic rings. The van der Waals surface area contributed by atoms with Gasteiger partial charge in [-0.05, 0) is 67.1 Å². The molecule has 4 heteroatoms. The van der Waals surface area contributed by atoms with Gasteiger partial charge in [0.05, 0.1) is 0 Å². The minimum absolute atomic E-state index is 0.722. The lowest BCUT2D eigenvalue weighted by Gasteiger charge is -2.05. The fraction of sp³-hybridized carbons (Fsp3) is 0.100. The van der Waals surface area contributed by atoms with E-state index in [4.69, 9.17) is 21.9 Å². The van der Waals surface area contributed by atoms with Crippen molar-refractivity contribution in [2.24, 2.45) is 5.73 Å². The highest BCUT2D eigenvalue weighted by Gasteiger charge is 1.96. The van der Waals surface area contributed by atoms with Gasteiger partial charge in [0.1, 0.15) is 11.5 Å². The fourth-order valence-electron chi connectivity index (χ4n) is 2.02. The zero-order chi connectivity index (χ0) is 17.2. The number of rotatable bonds is 4. The lowest BCUT2D eigenvalue weighted by molar-refractivity contribution is 0.483. The third-order valence-electron chi connectivity index (χ3n) is 3.27. The van der Waals surface area contributed by atoms with Crippen LogP contribution < -0.4 is 21.9 Å². The quantitative estimate of drug-likeness (QED) is 0.637. The second-order valence-corrected chi connectivity index (χ2v) is 5.26. The van der Waals surface area contributed by atoms with E-state index in [0.29, 0.717) is 0 Å². The molecule has 6 N–H and O–H groups in total. The van der Waals surface area contributed by atoms with E-state index in [2.05, 4.69) is 12.1 Å². The van der Waals surface area contributed by atoms with Crippen molar-refractivity contribution < 1.29 is 4.74 Å². The van der Waals surface area contributed by atoms with E-state index in [1.165, 1.54) is 5.56 Å². The van der Waals surface area contributed by atoms with Crippen LogP contribution in [0.3, 0.4) is 0 Å². The minimum atomic E-state index is 0.722. The molecule has 0 atom stereocenters. The van der Waals surface area contributed by atoms with Gasteiger partial charge in [0.2, 0.25) is 0 Å². The Bertz CT molecular complexity index is 667. The maximum Gasteiger partial charge on any atom is 0.127 e. The van der Waals surface area contributed by atoms with Crippen molar-refractivity contribution in [1.82, 2.24) is 0 Å². The summed E-state index contributed by atoms with van der Waals surface area (Å²) in [6.45, 7) is 0.740. The van der Waals surface area contributed by atoms with Crippen LogP contribution in [0.1, 0.15) is 5.56 Å². The number of ether oxygens (including phenoxy) is 1. The standard InChI is InChI=1S/C12H12N2O.C8H11N/c13-9-1-5-11(6-2-9)15-12-7-3-10(14)4-8-12;9-7-6-8-4-2-1-3-5-8/h1-8H,13-14H2;1-5H,6-7,9H2. The molecule has 0 aromatic heterocycles. The first-order valence-corrected chi connectivity index (χ1v) is 7.80. The SMILES string of the molecule is NCCc1ccccc1.Nc1ccc(Oc2ccc(N)cc2)cc1. The Balaban J connectivity index is 0.000000198. The minimum Gasteiger partial charge on any atom is -0.457 e. The van der Waals surface area contributed by atoms with Crippen molar-refractivity contribution in [3.8, 4) is 11.5 Å². The lowest BCUT2D eigenvalue weighted by atomic mass is 10.2. The van der Waals surface area contributed by atoms with Crippen LogP contribution in [0.4, 0.5) is 11.4 Å². The largest absolute Gasteiger partial charge is 0.457 e. The van der Waals surface area contributed by atoms with Gasteiger partial charge >= 0.3 is 0 Å². The van der Waals surface area contributed by atoms with Crippen molar-refractivity contribution in [1.29, 1.82) is 0 Å². The summed E-state index contributed by atoms with van der Waals surface area (Å²) in [5.41, 5.74) is 19.3. The molecule has 0 aliphatic heterocycles. The molecule has 0 fully saturated rings. The zero-order valence-corrected chi connectivity index (χ0v) is 13.6. The molecule has 0 heterocycles. The molecule has 0 unspecified atom stereocenters. The van der Waals surface area contributed by atoms with Crippen LogP contribution in [0.15, 0.2) is 78.9 Å². The molecular formula is C20H23N3O. The molecule has 24 heavy (non-hydrogen) atoms. The Kier molecular flexibility index (Phi) is 6.68. The van der Waals surface area contributed by atoms with Crippen molar-refractivity contribution in [3.05, 3.63) is 84.4 Å². The molecule has 0 saturated carbocycles. The first-order chi connectivity index (χ1) is 11.7. The Hall–Kier alpha value is -2.98. The average Bonchev–Trinajstić information content (AvgIpc) is 2.61. The van der Waals surface area contributed by atoms with Crippen LogP contribution in [-0.2, 0) is 6.42 Å². The summed E-state index contributed by atoms with van der Waals surface area (Å²) in [4.78, 5) is 0. The molecule has 0 aliphatic carbocycles. The lowest BCUT2D eigenvalue weighted by Crippen LogP contribution is -2.01. The van der Waals surface area contributed by atoms with E-state index in [1.807, 2.05) is 42.5 Å². The highest BCUT2D eigenvalue weighted by Crippen LogP contribution is 2.22. The Labute approximate surface area is 142 Å². The Morgan fingerprint density at radius 1 is 0.625 bits per heavy atom. The van der Waals surface area contributed by atoms with Gasteiger partial charge in [-0.3, -0.25) is 0 Å². The molecule has 124 valence electrons. The van der Waals surface area contributed by atoms with Crippen LogP contribution in [0.25, 0.3) is 0 Å². The van der Waals surface area contributed by atoms with Crippen LogP contribution in [0.5, 0.6) is 11.5 Å². The first-order valence-electron chi connectivity index (χ1n) is 7.80. The van der Waals surface area contributed by atoms with Crippen LogP contribution in [0.2, 0.25) is 0 Å². The predicted octanol–water partition coefficient (Wildman–Crippen LogP) is 3.83. The van der Waals surface area contributed by atoms with Gasteiger partial charge in [-0.15, -0.1) is 0 Å². The normalized spacial score (nSPS) is 9.71. The summed E-state index contributed by atoms with van der Waals surface area (Å²) in [7, 11) is 0. The summed E-state index contributed by atoms with van der Waals surface area (Å²) in [6.07, 6.45) is 0.987. The highest BCUT2D eigenvalue weighted by atomic mass is 16.5.